The van der Waals surface area contributed by atoms with Gasteiger partial charge in [-0.05, 0) is 24.5 Å². The number of hydrogen-bond acceptors (Lipinski definition) is 5. The molecule has 1 saturated carbocycles. The lowest BCUT2D eigenvalue weighted by Gasteiger charge is -2.40. The molecule has 6 heteroatoms. The number of ether oxygens (including phenoxy) is 1. The van der Waals surface area contributed by atoms with Crippen LogP contribution in [0.5, 0.6) is 0 Å². The number of carbonyl (C=O) groups excluding carboxylic acids is 1. The van der Waals surface area contributed by atoms with Gasteiger partial charge in [0.05, 0.1) is 23.1 Å². The normalized spacial score (nSPS) is 21.4. The van der Waals surface area contributed by atoms with Crippen molar-refractivity contribution in [3.8, 4) is 11.1 Å². The van der Waals surface area contributed by atoms with E-state index in [9.17, 15) is 4.79 Å². The molecule has 0 unspecified atom stereocenters. The molecule has 1 aromatic carbocycles. The van der Waals surface area contributed by atoms with E-state index >= 15 is 0 Å². The average molecular weight is 440 g/mol. The van der Waals surface area contributed by atoms with Crippen LogP contribution in [-0.4, -0.2) is 74.2 Å². The van der Waals surface area contributed by atoms with Crippen molar-refractivity contribution >= 4 is 22.2 Å². The topological polar surface area (TPSA) is 36.0 Å². The number of piperazine rings is 1. The molecule has 5 nitrogen and oxygen atoms in total. The number of morpholine rings is 1. The average Bonchev–Trinajstić information content (AvgIpc) is 3.31. The Hall–Kier alpha value is -1.89. The second kappa shape index (κ2) is 9.72. The third-order valence-corrected chi connectivity index (χ3v) is 8.18. The van der Waals surface area contributed by atoms with Crippen LogP contribution in [0.4, 0.5) is 5.00 Å². The molecule has 0 spiro atoms. The summed E-state index contributed by atoms with van der Waals surface area (Å²) in [7, 11) is 0. The predicted molar refractivity (Wildman–Crippen MR) is 127 cm³/mol. The van der Waals surface area contributed by atoms with Crippen LogP contribution in [0.15, 0.2) is 36.4 Å². The second-order valence-corrected chi connectivity index (χ2v) is 9.95. The van der Waals surface area contributed by atoms with Gasteiger partial charge in [-0.15, -0.1) is 11.3 Å². The Morgan fingerprint density at radius 3 is 2.32 bits per heavy atom. The van der Waals surface area contributed by atoms with Gasteiger partial charge in [0.2, 0.25) is 0 Å². The molecule has 0 atom stereocenters. The highest BCUT2D eigenvalue weighted by Gasteiger charge is 2.29. The molecule has 166 valence electrons. The van der Waals surface area contributed by atoms with Crippen molar-refractivity contribution in [2.75, 3.05) is 57.4 Å². The summed E-state index contributed by atoms with van der Waals surface area (Å²) in [5.41, 5.74) is 2.36. The van der Waals surface area contributed by atoms with Crippen LogP contribution in [-0.2, 0) is 4.74 Å². The number of benzene rings is 1. The van der Waals surface area contributed by atoms with Crippen LogP contribution in [0.25, 0.3) is 11.1 Å². The first kappa shape index (κ1) is 21.0. The van der Waals surface area contributed by atoms with E-state index in [-0.39, 0.29) is 5.91 Å². The third kappa shape index (κ3) is 4.66. The summed E-state index contributed by atoms with van der Waals surface area (Å²) in [5.74, 6) is 0.199. The Bertz CT molecular complexity index is 864. The van der Waals surface area contributed by atoms with Crippen LogP contribution in [0.1, 0.15) is 41.8 Å². The Balaban J connectivity index is 1.32. The van der Waals surface area contributed by atoms with Crippen LogP contribution >= 0.6 is 11.3 Å². The largest absolute Gasteiger partial charge is 0.378 e. The van der Waals surface area contributed by atoms with Crippen molar-refractivity contribution in [2.24, 2.45) is 0 Å². The van der Waals surface area contributed by atoms with E-state index in [1.165, 1.54) is 48.2 Å². The van der Waals surface area contributed by atoms with Crippen molar-refractivity contribution in [2.45, 2.75) is 38.1 Å². The highest BCUT2D eigenvalue weighted by atomic mass is 32.1. The van der Waals surface area contributed by atoms with E-state index < -0.39 is 0 Å². The number of nitrogens with zero attached hydrogens (tertiary/aromatic N) is 3. The predicted octanol–water partition coefficient (Wildman–Crippen LogP) is 4.34. The van der Waals surface area contributed by atoms with Gasteiger partial charge < -0.3 is 14.5 Å². The van der Waals surface area contributed by atoms with Gasteiger partial charge in [0.25, 0.3) is 5.91 Å². The summed E-state index contributed by atoms with van der Waals surface area (Å²) in [6.07, 6.45) is 6.80. The minimum Gasteiger partial charge on any atom is -0.378 e. The molecule has 0 N–H and O–H groups in total. The molecule has 1 amide bonds. The molecule has 0 radical (unpaired) electrons. The number of anilines is 1. The Labute approximate surface area is 189 Å². The Morgan fingerprint density at radius 2 is 1.61 bits per heavy atom. The minimum absolute atomic E-state index is 0.199. The van der Waals surface area contributed by atoms with E-state index in [0.717, 1.165) is 63.4 Å². The van der Waals surface area contributed by atoms with Gasteiger partial charge in [-0.2, -0.15) is 0 Å². The third-order valence-electron chi connectivity index (χ3n) is 7.00. The van der Waals surface area contributed by atoms with Crippen LogP contribution in [0.3, 0.4) is 0 Å². The van der Waals surface area contributed by atoms with Gasteiger partial charge in [-0.25, -0.2) is 0 Å². The lowest BCUT2D eigenvalue weighted by molar-refractivity contribution is 0.0527. The molecule has 1 aromatic heterocycles. The molecule has 31 heavy (non-hydrogen) atoms. The summed E-state index contributed by atoms with van der Waals surface area (Å²) in [6, 6.07) is 13.3. The Morgan fingerprint density at radius 1 is 0.903 bits per heavy atom. The monoisotopic (exact) mass is 439 g/mol. The molecular formula is C25H33N3O2S. The summed E-state index contributed by atoms with van der Waals surface area (Å²) < 4.78 is 5.56. The summed E-state index contributed by atoms with van der Waals surface area (Å²) >= 11 is 1.66. The molecule has 2 saturated heterocycles. The van der Waals surface area contributed by atoms with E-state index in [1.54, 1.807) is 11.3 Å². The molecule has 3 aliphatic rings. The zero-order valence-electron chi connectivity index (χ0n) is 18.3. The highest BCUT2D eigenvalue weighted by Crippen LogP contribution is 2.40. The van der Waals surface area contributed by atoms with Crippen molar-refractivity contribution in [3.05, 3.63) is 41.3 Å². The van der Waals surface area contributed by atoms with E-state index in [4.69, 9.17) is 4.74 Å². The fourth-order valence-corrected chi connectivity index (χ4v) is 6.40. The van der Waals surface area contributed by atoms with Crippen molar-refractivity contribution in [1.82, 2.24) is 9.80 Å². The maximum atomic E-state index is 13.4. The molecule has 2 aliphatic heterocycles. The molecule has 3 heterocycles. The van der Waals surface area contributed by atoms with Crippen LogP contribution in [0, 0.1) is 0 Å². The lowest BCUT2D eigenvalue weighted by atomic mass is 9.94. The Kier molecular flexibility index (Phi) is 6.58. The first-order chi connectivity index (χ1) is 15.3. The van der Waals surface area contributed by atoms with Gasteiger partial charge in [-0.3, -0.25) is 9.69 Å². The number of hydrogen-bond donors (Lipinski definition) is 0. The first-order valence-corrected chi connectivity index (χ1v) is 12.7. The molecular weight excluding hydrogens is 406 g/mol. The fraction of sp³-hybridized carbons (Fsp3) is 0.560. The van der Waals surface area contributed by atoms with Crippen LogP contribution < -0.4 is 4.90 Å². The minimum atomic E-state index is 0.199. The zero-order chi connectivity index (χ0) is 21.0. The molecule has 0 bridgehead atoms. The SMILES string of the molecule is O=C(c1cc(-c2ccccc2)c(N2CCOCC2)s1)N1CCN(C2CCCCC2)CC1. The summed E-state index contributed by atoms with van der Waals surface area (Å²) in [4.78, 5) is 21.4. The van der Waals surface area contributed by atoms with Crippen molar-refractivity contribution in [1.29, 1.82) is 0 Å². The maximum Gasteiger partial charge on any atom is 0.264 e. The van der Waals surface area contributed by atoms with Crippen molar-refractivity contribution < 1.29 is 9.53 Å². The number of rotatable bonds is 4. The summed E-state index contributed by atoms with van der Waals surface area (Å²) in [6.45, 7) is 6.99. The summed E-state index contributed by atoms with van der Waals surface area (Å²) in [5, 5.41) is 1.21. The van der Waals surface area contributed by atoms with Gasteiger partial charge in [-0.1, -0.05) is 49.6 Å². The second-order valence-electron chi connectivity index (χ2n) is 8.91. The standard InChI is InChI=1S/C25H33N3O2S/c29-24(27-13-11-26(12-14-27)21-9-5-2-6-10-21)23-19-22(20-7-3-1-4-8-20)25(31-23)28-15-17-30-18-16-28/h1,3-4,7-8,19,21H,2,5-6,9-18H2. The maximum absolute atomic E-state index is 13.4. The number of amides is 1. The van der Waals surface area contributed by atoms with Crippen LogP contribution in [0.2, 0.25) is 0 Å². The fourth-order valence-electron chi connectivity index (χ4n) is 5.20. The van der Waals surface area contributed by atoms with E-state index in [0.29, 0.717) is 0 Å². The first-order valence-electron chi connectivity index (χ1n) is 11.8. The van der Waals surface area contributed by atoms with Gasteiger partial charge >= 0.3 is 0 Å². The van der Waals surface area contributed by atoms with Gasteiger partial charge in [0.15, 0.2) is 0 Å². The number of thiophene rings is 1. The van der Waals surface area contributed by atoms with E-state index in [2.05, 4.69) is 45.0 Å². The van der Waals surface area contributed by atoms with E-state index in [1.807, 2.05) is 6.07 Å². The quantitative estimate of drug-likeness (QED) is 0.710. The molecule has 2 aromatic rings. The molecule has 3 fully saturated rings. The number of carbonyl (C=O) groups is 1. The molecule has 5 rings (SSSR count). The smallest absolute Gasteiger partial charge is 0.264 e. The lowest BCUT2D eigenvalue weighted by Crippen LogP contribution is -2.52. The highest BCUT2D eigenvalue weighted by molar-refractivity contribution is 7.18. The molecule has 1 aliphatic carbocycles. The van der Waals surface area contributed by atoms with Crippen molar-refractivity contribution in [3.63, 3.8) is 0 Å². The van der Waals surface area contributed by atoms with Gasteiger partial charge in [0.1, 0.15) is 0 Å². The zero-order valence-corrected chi connectivity index (χ0v) is 19.1. The van der Waals surface area contributed by atoms with Gasteiger partial charge in [0, 0.05) is 50.9 Å².